The molecule has 2 N–H and O–H groups in total. The molecule has 7 nitrogen and oxygen atoms in total. The van der Waals surface area contributed by atoms with E-state index in [2.05, 4.69) is 10.6 Å². The molecule has 21 heavy (non-hydrogen) atoms. The van der Waals surface area contributed by atoms with Crippen molar-refractivity contribution in [2.75, 3.05) is 39.4 Å². The Hall–Kier alpha value is -0.890. The monoisotopic (exact) mass is 321 g/mol. The summed E-state index contributed by atoms with van der Waals surface area (Å²) in [6.45, 7) is 6.73. The van der Waals surface area contributed by atoms with Crippen LogP contribution in [0.3, 0.4) is 0 Å². The van der Waals surface area contributed by atoms with Gasteiger partial charge in [-0.15, -0.1) is 12.4 Å². The molecule has 0 bridgehead atoms. The summed E-state index contributed by atoms with van der Waals surface area (Å²) in [5, 5.41) is 5.93. The maximum Gasteiger partial charge on any atom is 0.242 e. The minimum Gasteiger partial charge on any atom is -0.375 e. The predicted octanol–water partition coefficient (Wildman–Crippen LogP) is -0.851. The van der Waals surface area contributed by atoms with Crippen LogP contribution >= 0.6 is 12.4 Å². The van der Waals surface area contributed by atoms with Crippen molar-refractivity contribution in [3.8, 4) is 0 Å². The van der Waals surface area contributed by atoms with E-state index in [1.54, 1.807) is 4.90 Å². The van der Waals surface area contributed by atoms with Crippen molar-refractivity contribution in [3.63, 3.8) is 0 Å². The predicted molar refractivity (Wildman–Crippen MR) is 79.5 cm³/mol. The first-order valence-corrected chi connectivity index (χ1v) is 7.07. The van der Waals surface area contributed by atoms with Crippen LogP contribution in [-0.4, -0.2) is 74.4 Å². The van der Waals surface area contributed by atoms with Gasteiger partial charge >= 0.3 is 0 Å². The molecule has 0 saturated carbocycles. The zero-order valence-corrected chi connectivity index (χ0v) is 13.3. The van der Waals surface area contributed by atoms with Crippen LogP contribution in [0.25, 0.3) is 0 Å². The fourth-order valence-electron chi connectivity index (χ4n) is 2.51. The molecule has 2 rings (SSSR count). The summed E-state index contributed by atoms with van der Waals surface area (Å²) in [7, 11) is 0. The van der Waals surface area contributed by atoms with E-state index in [1.165, 1.54) is 6.92 Å². The molecule has 0 aromatic rings. The summed E-state index contributed by atoms with van der Waals surface area (Å²) < 4.78 is 11.1. The minimum atomic E-state index is -0.289. The molecule has 0 radical (unpaired) electrons. The Morgan fingerprint density at radius 3 is 2.76 bits per heavy atom. The first kappa shape index (κ1) is 18.2. The summed E-state index contributed by atoms with van der Waals surface area (Å²) in [6.07, 6.45) is -0.260. The minimum absolute atomic E-state index is 0. The van der Waals surface area contributed by atoms with Crippen LogP contribution in [0.1, 0.15) is 13.8 Å². The van der Waals surface area contributed by atoms with Crippen LogP contribution in [-0.2, 0) is 19.1 Å². The molecule has 2 amide bonds. The molecule has 2 aliphatic heterocycles. The number of carbonyl (C=O) groups excluding carboxylic acids is 2. The van der Waals surface area contributed by atoms with Gasteiger partial charge in [-0.05, 0) is 6.92 Å². The Morgan fingerprint density at radius 2 is 2.10 bits per heavy atom. The molecule has 2 heterocycles. The van der Waals surface area contributed by atoms with E-state index < -0.39 is 0 Å². The van der Waals surface area contributed by atoms with Gasteiger partial charge in [-0.25, -0.2) is 0 Å². The number of nitrogens with one attached hydrogen (secondary N) is 2. The highest BCUT2D eigenvalue weighted by atomic mass is 35.5. The topological polar surface area (TPSA) is 79.9 Å². The zero-order valence-electron chi connectivity index (χ0n) is 12.5. The normalized spacial score (nSPS) is 29.4. The second kappa shape index (κ2) is 8.53. The first-order valence-electron chi connectivity index (χ1n) is 7.07. The highest BCUT2D eigenvalue weighted by Crippen LogP contribution is 2.11. The molecule has 0 aliphatic carbocycles. The molecule has 0 spiro atoms. The Labute approximate surface area is 131 Å². The molecule has 2 aliphatic rings. The summed E-state index contributed by atoms with van der Waals surface area (Å²) >= 11 is 0. The molecule has 8 heteroatoms. The highest BCUT2D eigenvalue weighted by Gasteiger charge is 2.34. The number of hydrogen-bond acceptors (Lipinski definition) is 5. The molecule has 2 fully saturated rings. The van der Waals surface area contributed by atoms with Gasteiger partial charge in [-0.2, -0.15) is 0 Å². The second-order valence-electron chi connectivity index (χ2n) is 5.22. The van der Waals surface area contributed by atoms with Gasteiger partial charge in [-0.1, -0.05) is 0 Å². The molecule has 122 valence electrons. The number of carbonyl (C=O) groups is 2. The van der Waals surface area contributed by atoms with Gasteiger partial charge in [0.25, 0.3) is 0 Å². The fourth-order valence-corrected chi connectivity index (χ4v) is 2.51. The van der Waals surface area contributed by atoms with Crippen molar-refractivity contribution in [2.24, 2.45) is 0 Å². The van der Waals surface area contributed by atoms with Crippen LogP contribution in [0.4, 0.5) is 0 Å². The van der Waals surface area contributed by atoms with E-state index in [-0.39, 0.29) is 42.5 Å². The zero-order chi connectivity index (χ0) is 14.5. The number of halogens is 1. The number of ether oxygens (including phenoxy) is 2. The van der Waals surface area contributed by atoms with Crippen LogP contribution in [0, 0.1) is 0 Å². The standard InChI is InChI=1S/C13H23N3O4.ClH/c1-9-12(14-3-5-19-9)13(18)16-4-6-20-11(8-16)7-15-10(2)17;/h9,11-12,14H,3-8H2,1-2H3,(H,15,17);1H/t9-,11?,12+;/m1./s1. The van der Waals surface area contributed by atoms with E-state index in [0.717, 1.165) is 0 Å². The lowest BCUT2D eigenvalue weighted by Gasteiger charge is -2.38. The van der Waals surface area contributed by atoms with E-state index in [1.807, 2.05) is 6.92 Å². The lowest BCUT2D eigenvalue weighted by Crippen LogP contribution is -2.59. The van der Waals surface area contributed by atoms with Gasteiger partial charge in [0, 0.05) is 33.1 Å². The number of rotatable bonds is 3. The van der Waals surface area contributed by atoms with Gasteiger partial charge in [0.05, 0.1) is 25.4 Å². The van der Waals surface area contributed by atoms with Gasteiger partial charge in [-0.3, -0.25) is 9.59 Å². The summed E-state index contributed by atoms with van der Waals surface area (Å²) in [5.74, 6) is -0.0404. The van der Waals surface area contributed by atoms with E-state index in [0.29, 0.717) is 39.4 Å². The Balaban J connectivity index is 0.00000220. The smallest absolute Gasteiger partial charge is 0.242 e. The number of hydrogen-bond donors (Lipinski definition) is 2. The van der Waals surface area contributed by atoms with Crippen molar-refractivity contribution in [1.29, 1.82) is 0 Å². The van der Waals surface area contributed by atoms with Crippen molar-refractivity contribution >= 4 is 24.2 Å². The van der Waals surface area contributed by atoms with E-state index >= 15 is 0 Å². The van der Waals surface area contributed by atoms with Crippen molar-refractivity contribution in [3.05, 3.63) is 0 Å². The SMILES string of the molecule is CC(=O)NCC1CN(C(=O)[C@H]2NCCO[C@@H]2C)CCO1.Cl. The quantitative estimate of drug-likeness (QED) is 0.708. The fraction of sp³-hybridized carbons (Fsp3) is 0.846. The van der Waals surface area contributed by atoms with Crippen LogP contribution in [0.5, 0.6) is 0 Å². The number of morpholine rings is 2. The van der Waals surface area contributed by atoms with Crippen LogP contribution in [0.15, 0.2) is 0 Å². The average molecular weight is 322 g/mol. The van der Waals surface area contributed by atoms with Crippen LogP contribution < -0.4 is 10.6 Å². The molecular weight excluding hydrogens is 298 g/mol. The Morgan fingerprint density at radius 1 is 1.33 bits per heavy atom. The molecule has 0 aromatic heterocycles. The Kier molecular flexibility index (Phi) is 7.37. The van der Waals surface area contributed by atoms with Crippen molar-refractivity contribution < 1.29 is 19.1 Å². The van der Waals surface area contributed by atoms with Crippen molar-refractivity contribution in [2.45, 2.75) is 32.1 Å². The molecule has 3 atom stereocenters. The second-order valence-corrected chi connectivity index (χ2v) is 5.22. The maximum atomic E-state index is 12.5. The third-order valence-electron chi connectivity index (χ3n) is 3.61. The van der Waals surface area contributed by atoms with Crippen LogP contribution in [0.2, 0.25) is 0 Å². The maximum absolute atomic E-state index is 12.5. The molecule has 1 unspecified atom stereocenters. The van der Waals surface area contributed by atoms with E-state index in [4.69, 9.17) is 9.47 Å². The van der Waals surface area contributed by atoms with Gasteiger partial charge in [0.15, 0.2) is 0 Å². The van der Waals surface area contributed by atoms with Crippen molar-refractivity contribution in [1.82, 2.24) is 15.5 Å². The van der Waals surface area contributed by atoms with Gasteiger partial charge < -0.3 is 25.0 Å². The highest BCUT2D eigenvalue weighted by molar-refractivity contribution is 5.85. The largest absolute Gasteiger partial charge is 0.375 e. The Bertz CT molecular complexity index is 369. The lowest BCUT2D eigenvalue weighted by atomic mass is 10.1. The average Bonchev–Trinajstić information content (AvgIpc) is 2.45. The molecule has 2 saturated heterocycles. The summed E-state index contributed by atoms with van der Waals surface area (Å²) in [6, 6.07) is -0.289. The first-order chi connectivity index (χ1) is 9.58. The number of amides is 2. The summed E-state index contributed by atoms with van der Waals surface area (Å²) in [4.78, 5) is 25.2. The third kappa shape index (κ3) is 5.10. The molecule has 0 aromatic carbocycles. The third-order valence-corrected chi connectivity index (χ3v) is 3.61. The lowest BCUT2D eigenvalue weighted by molar-refractivity contribution is -0.146. The number of nitrogens with zero attached hydrogens (tertiary/aromatic N) is 1. The molecular formula is C13H24ClN3O4. The summed E-state index contributed by atoms with van der Waals surface area (Å²) in [5.41, 5.74) is 0. The van der Waals surface area contributed by atoms with Gasteiger partial charge in [0.1, 0.15) is 6.04 Å². The van der Waals surface area contributed by atoms with Gasteiger partial charge in [0.2, 0.25) is 11.8 Å². The van der Waals surface area contributed by atoms with E-state index in [9.17, 15) is 9.59 Å².